The third-order valence-electron chi connectivity index (χ3n) is 2.56. The van der Waals surface area contributed by atoms with Crippen LogP contribution in [0.5, 0.6) is 11.5 Å². The van der Waals surface area contributed by atoms with Crippen molar-refractivity contribution in [3.8, 4) is 11.5 Å². The van der Waals surface area contributed by atoms with Crippen LogP contribution in [0.25, 0.3) is 5.57 Å². The smallest absolute Gasteiger partial charge is 0.285 e. The molecule has 0 spiro atoms. The molecule has 6 heteroatoms. The van der Waals surface area contributed by atoms with Gasteiger partial charge in [0.1, 0.15) is 11.5 Å². The van der Waals surface area contributed by atoms with Crippen molar-refractivity contribution in [2.75, 3.05) is 14.2 Å². The van der Waals surface area contributed by atoms with Crippen LogP contribution in [0.4, 0.5) is 0 Å². The van der Waals surface area contributed by atoms with Crippen molar-refractivity contribution in [3.05, 3.63) is 29.8 Å². The first kappa shape index (κ1) is 12.1. The summed E-state index contributed by atoms with van der Waals surface area (Å²) < 4.78 is 10.1. The fraction of sp³-hybridized carbons (Fsp3) is 0.167. The highest BCUT2D eigenvalue weighted by molar-refractivity contribution is 6.32. The summed E-state index contributed by atoms with van der Waals surface area (Å²) in [5.41, 5.74) is 0.542. The Hall–Kier alpha value is -2.34. The Morgan fingerprint density at radius 2 is 1.61 bits per heavy atom. The molecule has 0 saturated heterocycles. The average molecular weight is 249 g/mol. The molecule has 0 saturated carbocycles. The third-order valence-corrected chi connectivity index (χ3v) is 2.56. The highest BCUT2D eigenvalue weighted by Crippen LogP contribution is 2.29. The molecule has 0 radical (unpaired) electrons. The van der Waals surface area contributed by atoms with Gasteiger partial charge in [-0.3, -0.25) is 14.8 Å². The number of methoxy groups -OCH3 is 2. The van der Waals surface area contributed by atoms with Crippen molar-refractivity contribution in [1.29, 1.82) is 0 Å². The summed E-state index contributed by atoms with van der Waals surface area (Å²) in [4.78, 5) is 22.8. The molecule has 1 aromatic carbocycles. The largest absolute Gasteiger partial charge is 0.497 e. The first-order valence-corrected chi connectivity index (χ1v) is 5.09. The molecule has 1 aromatic rings. The first-order chi connectivity index (χ1) is 8.56. The normalized spacial score (nSPS) is 14.8. The second-order valence-corrected chi connectivity index (χ2v) is 3.61. The number of benzene rings is 1. The van der Waals surface area contributed by atoms with Gasteiger partial charge in [0.25, 0.3) is 11.8 Å². The number of rotatable bonds is 3. The Bertz CT molecular complexity index is 527. The van der Waals surface area contributed by atoms with Crippen LogP contribution in [-0.4, -0.2) is 36.3 Å². The molecule has 2 amide bonds. The van der Waals surface area contributed by atoms with Crippen LogP contribution in [0.2, 0.25) is 0 Å². The molecule has 1 aliphatic rings. The van der Waals surface area contributed by atoms with Crippen LogP contribution in [0.3, 0.4) is 0 Å². The van der Waals surface area contributed by atoms with E-state index in [0.29, 0.717) is 17.1 Å². The van der Waals surface area contributed by atoms with Crippen LogP contribution in [0, 0.1) is 0 Å². The summed E-state index contributed by atoms with van der Waals surface area (Å²) in [6, 6.07) is 4.80. The molecule has 0 unspecified atom stereocenters. The van der Waals surface area contributed by atoms with E-state index >= 15 is 0 Å². The maximum Gasteiger partial charge on any atom is 0.285 e. The van der Waals surface area contributed by atoms with Crippen LogP contribution in [-0.2, 0) is 9.59 Å². The number of carbonyl (C=O) groups is 2. The van der Waals surface area contributed by atoms with Gasteiger partial charge in [-0.25, -0.2) is 0 Å². The summed E-state index contributed by atoms with van der Waals surface area (Å²) in [6.45, 7) is 0. The van der Waals surface area contributed by atoms with E-state index in [0.717, 1.165) is 6.08 Å². The predicted molar refractivity (Wildman–Crippen MR) is 61.2 cm³/mol. The summed E-state index contributed by atoms with van der Waals surface area (Å²) in [5.74, 6) is -0.559. The SMILES string of the molecule is COc1cc(OC)cc(C2=CC(=O)N(O)C2=O)c1. The minimum absolute atomic E-state index is 0.0707. The minimum atomic E-state index is -0.768. The van der Waals surface area contributed by atoms with E-state index in [9.17, 15) is 14.8 Å². The van der Waals surface area contributed by atoms with E-state index in [-0.39, 0.29) is 10.6 Å². The van der Waals surface area contributed by atoms with Crippen LogP contribution >= 0.6 is 0 Å². The Kier molecular flexibility index (Phi) is 3.03. The lowest BCUT2D eigenvalue weighted by Crippen LogP contribution is -2.26. The zero-order valence-electron chi connectivity index (χ0n) is 9.84. The maximum atomic E-state index is 11.6. The zero-order valence-corrected chi connectivity index (χ0v) is 9.84. The number of ether oxygens (including phenoxy) is 2. The second kappa shape index (κ2) is 4.50. The van der Waals surface area contributed by atoms with Crippen LogP contribution in [0.15, 0.2) is 24.3 Å². The van der Waals surface area contributed by atoms with Gasteiger partial charge >= 0.3 is 0 Å². The lowest BCUT2D eigenvalue weighted by atomic mass is 10.1. The molecular formula is C12H11NO5. The zero-order chi connectivity index (χ0) is 13.3. The van der Waals surface area contributed by atoms with Crippen molar-refractivity contribution in [3.63, 3.8) is 0 Å². The monoisotopic (exact) mass is 249 g/mol. The van der Waals surface area contributed by atoms with Gasteiger partial charge in [-0.1, -0.05) is 0 Å². The topological polar surface area (TPSA) is 76.1 Å². The lowest BCUT2D eigenvalue weighted by Gasteiger charge is -2.09. The van der Waals surface area contributed by atoms with Crippen molar-refractivity contribution in [1.82, 2.24) is 5.06 Å². The van der Waals surface area contributed by atoms with E-state index in [2.05, 4.69) is 0 Å². The molecule has 1 aliphatic heterocycles. The molecule has 0 bridgehead atoms. The van der Waals surface area contributed by atoms with Gasteiger partial charge in [0, 0.05) is 12.1 Å². The van der Waals surface area contributed by atoms with Gasteiger partial charge in [-0.15, -0.1) is 5.06 Å². The molecule has 18 heavy (non-hydrogen) atoms. The molecule has 6 nitrogen and oxygen atoms in total. The highest BCUT2D eigenvalue weighted by Gasteiger charge is 2.31. The van der Waals surface area contributed by atoms with E-state index in [1.807, 2.05) is 0 Å². The maximum absolute atomic E-state index is 11.6. The number of hydroxylamine groups is 2. The van der Waals surface area contributed by atoms with Crippen molar-refractivity contribution in [2.45, 2.75) is 0 Å². The highest BCUT2D eigenvalue weighted by atomic mass is 16.5. The van der Waals surface area contributed by atoms with Crippen LogP contribution < -0.4 is 9.47 Å². The molecule has 1 heterocycles. The Morgan fingerprint density at radius 3 is 2.00 bits per heavy atom. The Balaban J connectivity index is 2.48. The number of hydrogen-bond acceptors (Lipinski definition) is 5. The molecule has 1 N–H and O–H groups in total. The molecular weight excluding hydrogens is 238 g/mol. The van der Waals surface area contributed by atoms with Crippen molar-refractivity contribution in [2.24, 2.45) is 0 Å². The molecule has 2 rings (SSSR count). The number of nitrogens with zero attached hydrogens (tertiary/aromatic N) is 1. The van der Waals surface area contributed by atoms with E-state index in [1.54, 1.807) is 18.2 Å². The first-order valence-electron chi connectivity index (χ1n) is 5.09. The Labute approximate surface area is 103 Å². The number of imide groups is 1. The van der Waals surface area contributed by atoms with Crippen molar-refractivity contribution >= 4 is 17.4 Å². The predicted octanol–water partition coefficient (Wildman–Crippen LogP) is 0.845. The van der Waals surface area contributed by atoms with Crippen LogP contribution in [0.1, 0.15) is 5.56 Å². The van der Waals surface area contributed by atoms with Gasteiger partial charge < -0.3 is 9.47 Å². The fourth-order valence-corrected chi connectivity index (χ4v) is 1.63. The van der Waals surface area contributed by atoms with E-state index in [1.165, 1.54) is 14.2 Å². The number of hydrogen-bond donors (Lipinski definition) is 1. The van der Waals surface area contributed by atoms with Gasteiger partial charge in [0.05, 0.1) is 19.8 Å². The second-order valence-electron chi connectivity index (χ2n) is 3.61. The Morgan fingerprint density at radius 1 is 1.06 bits per heavy atom. The minimum Gasteiger partial charge on any atom is -0.497 e. The summed E-state index contributed by atoms with van der Waals surface area (Å²) in [7, 11) is 2.96. The van der Waals surface area contributed by atoms with E-state index < -0.39 is 11.8 Å². The summed E-state index contributed by atoms with van der Waals surface area (Å²) in [6.07, 6.45) is 1.07. The van der Waals surface area contributed by atoms with Gasteiger partial charge in [0.15, 0.2) is 0 Å². The molecule has 0 atom stereocenters. The quantitative estimate of drug-likeness (QED) is 0.634. The average Bonchev–Trinajstić information content (AvgIpc) is 2.65. The van der Waals surface area contributed by atoms with Gasteiger partial charge in [-0.05, 0) is 17.7 Å². The molecule has 0 aromatic heterocycles. The molecule has 94 valence electrons. The standard InChI is InChI=1S/C12H11NO5/c1-17-8-3-7(4-9(5-8)18-2)10-6-11(14)13(16)12(10)15/h3-6,16H,1-2H3. The van der Waals surface area contributed by atoms with E-state index in [4.69, 9.17) is 9.47 Å². The summed E-state index contributed by atoms with van der Waals surface area (Å²) >= 11 is 0. The van der Waals surface area contributed by atoms with Crippen molar-refractivity contribution < 1.29 is 24.3 Å². The lowest BCUT2D eigenvalue weighted by molar-refractivity contribution is -0.168. The van der Waals surface area contributed by atoms with Gasteiger partial charge in [0.2, 0.25) is 0 Å². The molecule has 0 aliphatic carbocycles. The van der Waals surface area contributed by atoms with Gasteiger partial charge in [-0.2, -0.15) is 0 Å². The fourth-order valence-electron chi connectivity index (χ4n) is 1.63. The number of amides is 2. The molecule has 0 fully saturated rings. The third kappa shape index (κ3) is 1.93. The summed E-state index contributed by atoms with van der Waals surface area (Å²) in [5, 5.41) is 9.24. The number of carbonyl (C=O) groups excluding carboxylic acids is 2.